The summed E-state index contributed by atoms with van der Waals surface area (Å²) in [6.07, 6.45) is 1.57. The average Bonchev–Trinajstić information content (AvgIpc) is 1.82. The monoisotopic (exact) mass is 132 g/mol. The molecular formula is C7H16O2. The summed E-state index contributed by atoms with van der Waals surface area (Å²) in [5.41, 5.74) is 0. The Morgan fingerprint density at radius 1 is 1.44 bits per heavy atom. The van der Waals surface area contributed by atoms with Gasteiger partial charge in [0.1, 0.15) is 0 Å². The van der Waals surface area contributed by atoms with E-state index in [1.165, 1.54) is 0 Å². The molecular weight excluding hydrogens is 116 g/mol. The first-order valence-corrected chi connectivity index (χ1v) is 3.51. The molecule has 2 nitrogen and oxygen atoms in total. The van der Waals surface area contributed by atoms with E-state index < -0.39 is 0 Å². The second-order valence-corrected chi connectivity index (χ2v) is 2.47. The Balaban J connectivity index is 3.41. The van der Waals surface area contributed by atoms with Crippen LogP contribution in [-0.4, -0.2) is 22.9 Å². The zero-order valence-corrected chi connectivity index (χ0v) is 6.17. The molecule has 9 heavy (non-hydrogen) atoms. The summed E-state index contributed by atoms with van der Waals surface area (Å²) in [6, 6.07) is 0. The minimum atomic E-state index is -0.366. The highest BCUT2D eigenvalue weighted by molar-refractivity contribution is 4.61. The lowest BCUT2D eigenvalue weighted by Crippen LogP contribution is -2.19. The summed E-state index contributed by atoms with van der Waals surface area (Å²) in [5.74, 6) is 0.0787. The highest BCUT2D eigenvalue weighted by Crippen LogP contribution is 2.09. The zero-order valence-electron chi connectivity index (χ0n) is 6.17. The molecule has 0 aromatic carbocycles. The molecule has 0 bridgehead atoms. The standard InChI is InChI=1S/C7H16O2/c1-3-4-7(5-8)6(2)9/h6-9H,3-5H2,1-2H3. The van der Waals surface area contributed by atoms with Crippen molar-refractivity contribution in [2.24, 2.45) is 5.92 Å². The third kappa shape index (κ3) is 3.49. The largest absolute Gasteiger partial charge is 0.396 e. The molecule has 0 saturated carbocycles. The second kappa shape index (κ2) is 4.77. The molecule has 2 N–H and O–H groups in total. The van der Waals surface area contributed by atoms with Crippen LogP contribution in [0.1, 0.15) is 26.7 Å². The van der Waals surface area contributed by atoms with Crippen molar-refractivity contribution in [3.05, 3.63) is 0 Å². The molecule has 0 aromatic rings. The molecule has 0 spiro atoms. The molecule has 0 amide bonds. The van der Waals surface area contributed by atoms with Gasteiger partial charge in [-0.25, -0.2) is 0 Å². The van der Waals surface area contributed by atoms with Gasteiger partial charge in [-0.15, -0.1) is 0 Å². The van der Waals surface area contributed by atoms with Gasteiger partial charge in [-0.05, 0) is 13.3 Å². The maximum Gasteiger partial charge on any atom is 0.0562 e. The molecule has 0 saturated heterocycles. The van der Waals surface area contributed by atoms with Crippen LogP contribution < -0.4 is 0 Å². The summed E-state index contributed by atoms with van der Waals surface area (Å²) >= 11 is 0. The van der Waals surface area contributed by atoms with Crippen molar-refractivity contribution in [1.29, 1.82) is 0 Å². The quantitative estimate of drug-likeness (QED) is 0.593. The van der Waals surface area contributed by atoms with Crippen molar-refractivity contribution in [2.45, 2.75) is 32.8 Å². The van der Waals surface area contributed by atoms with Crippen LogP contribution in [0.2, 0.25) is 0 Å². The van der Waals surface area contributed by atoms with Gasteiger partial charge in [0, 0.05) is 12.5 Å². The summed E-state index contributed by atoms with van der Waals surface area (Å²) in [5, 5.41) is 17.7. The van der Waals surface area contributed by atoms with Gasteiger partial charge in [-0.2, -0.15) is 0 Å². The fourth-order valence-electron chi connectivity index (χ4n) is 0.856. The number of aliphatic hydroxyl groups excluding tert-OH is 2. The summed E-state index contributed by atoms with van der Waals surface area (Å²) < 4.78 is 0. The van der Waals surface area contributed by atoms with E-state index in [4.69, 9.17) is 10.2 Å². The first-order chi connectivity index (χ1) is 4.22. The lowest BCUT2D eigenvalue weighted by Gasteiger charge is -2.15. The first-order valence-electron chi connectivity index (χ1n) is 3.51. The van der Waals surface area contributed by atoms with E-state index in [0.29, 0.717) is 0 Å². The molecule has 0 aliphatic carbocycles. The highest BCUT2D eigenvalue weighted by atomic mass is 16.3. The molecule has 0 fully saturated rings. The molecule has 0 heterocycles. The van der Waals surface area contributed by atoms with E-state index in [-0.39, 0.29) is 18.6 Å². The van der Waals surface area contributed by atoms with Crippen molar-refractivity contribution < 1.29 is 10.2 Å². The van der Waals surface area contributed by atoms with E-state index in [9.17, 15) is 0 Å². The number of aliphatic hydroxyl groups is 2. The van der Waals surface area contributed by atoms with Gasteiger partial charge in [-0.3, -0.25) is 0 Å². The van der Waals surface area contributed by atoms with Crippen LogP contribution in [0, 0.1) is 5.92 Å². The Labute approximate surface area is 56.5 Å². The van der Waals surface area contributed by atoms with Gasteiger partial charge in [0.15, 0.2) is 0 Å². The smallest absolute Gasteiger partial charge is 0.0562 e. The van der Waals surface area contributed by atoms with E-state index >= 15 is 0 Å². The summed E-state index contributed by atoms with van der Waals surface area (Å²) in [4.78, 5) is 0. The maximum absolute atomic E-state index is 8.98. The Morgan fingerprint density at radius 3 is 2.11 bits per heavy atom. The van der Waals surface area contributed by atoms with Crippen LogP contribution in [0.5, 0.6) is 0 Å². The molecule has 0 rings (SSSR count). The van der Waals surface area contributed by atoms with Crippen molar-refractivity contribution >= 4 is 0 Å². The molecule has 0 aliphatic rings. The van der Waals surface area contributed by atoms with E-state index in [2.05, 4.69) is 0 Å². The van der Waals surface area contributed by atoms with Gasteiger partial charge in [0.25, 0.3) is 0 Å². The zero-order chi connectivity index (χ0) is 7.28. The Hall–Kier alpha value is -0.0800. The van der Waals surface area contributed by atoms with Crippen LogP contribution in [-0.2, 0) is 0 Å². The average molecular weight is 132 g/mol. The van der Waals surface area contributed by atoms with Gasteiger partial charge < -0.3 is 10.2 Å². The highest BCUT2D eigenvalue weighted by Gasteiger charge is 2.11. The van der Waals surface area contributed by atoms with Gasteiger partial charge in [0.05, 0.1) is 6.10 Å². The van der Waals surface area contributed by atoms with E-state index in [0.717, 1.165) is 12.8 Å². The van der Waals surface area contributed by atoms with Crippen molar-refractivity contribution in [2.75, 3.05) is 6.61 Å². The summed E-state index contributed by atoms with van der Waals surface area (Å²) in [6.45, 7) is 3.87. The number of hydrogen-bond acceptors (Lipinski definition) is 2. The van der Waals surface area contributed by atoms with Crippen LogP contribution in [0.15, 0.2) is 0 Å². The van der Waals surface area contributed by atoms with Crippen molar-refractivity contribution in [3.8, 4) is 0 Å². The van der Waals surface area contributed by atoms with Crippen LogP contribution in [0.3, 0.4) is 0 Å². The SMILES string of the molecule is CCCC(CO)C(C)O. The molecule has 0 radical (unpaired) electrons. The van der Waals surface area contributed by atoms with E-state index in [1.54, 1.807) is 6.92 Å². The van der Waals surface area contributed by atoms with Gasteiger partial charge in [0.2, 0.25) is 0 Å². The minimum absolute atomic E-state index is 0.0787. The first kappa shape index (κ1) is 8.92. The number of hydrogen-bond donors (Lipinski definition) is 2. The topological polar surface area (TPSA) is 40.5 Å². The van der Waals surface area contributed by atoms with Crippen molar-refractivity contribution in [3.63, 3.8) is 0 Å². The van der Waals surface area contributed by atoms with E-state index in [1.807, 2.05) is 6.92 Å². The maximum atomic E-state index is 8.98. The molecule has 56 valence electrons. The van der Waals surface area contributed by atoms with Crippen molar-refractivity contribution in [1.82, 2.24) is 0 Å². The third-order valence-corrected chi connectivity index (χ3v) is 1.58. The van der Waals surface area contributed by atoms with Gasteiger partial charge >= 0.3 is 0 Å². The van der Waals surface area contributed by atoms with Crippen LogP contribution in [0.4, 0.5) is 0 Å². The fraction of sp³-hybridized carbons (Fsp3) is 1.00. The molecule has 2 atom stereocenters. The summed E-state index contributed by atoms with van der Waals surface area (Å²) in [7, 11) is 0. The Bertz CT molecular complexity index is 61.9. The number of rotatable bonds is 4. The Kier molecular flexibility index (Phi) is 4.72. The lowest BCUT2D eigenvalue weighted by atomic mass is 10.00. The molecule has 2 heteroatoms. The molecule has 2 unspecified atom stereocenters. The third-order valence-electron chi connectivity index (χ3n) is 1.58. The Morgan fingerprint density at radius 2 is 2.00 bits per heavy atom. The van der Waals surface area contributed by atoms with Crippen LogP contribution in [0.25, 0.3) is 0 Å². The lowest BCUT2D eigenvalue weighted by molar-refractivity contribution is 0.0753. The fourth-order valence-corrected chi connectivity index (χ4v) is 0.856. The molecule has 0 aromatic heterocycles. The minimum Gasteiger partial charge on any atom is -0.396 e. The second-order valence-electron chi connectivity index (χ2n) is 2.47. The molecule has 0 aliphatic heterocycles. The predicted octanol–water partition coefficient (Wildman–Crippen LogP) is 0.776. The van der Waals surface area contributed by atoms with Gasteiger partial charge in [-0.1, -0.05) is 13.3 Å². The van der Waals surface area contributed by atoms with Crippen LogP contribution >= 0.6 is 0 Å². The normalized spacial score (nSPS) is 17.3. The predicted molar refractivity (Wildman–Crippen MR) is 37.2 cm³/mol.